The van der Waals surface area contributed by atoms with E-state index in [9.17, 15) is 9.59 Å². The highest BCUT2D eigenvalue weighted by Gasteiger charge is 2.09. The van der Waals surface area contributed by atoms with Gasteiger partial charge in [0.2, 0.25) is 0 Å². The molecular weight excluding hydrogens is 368 g/mol. The van der Waals surface area contributed by atoms with Gasteiger partial charge in [-0.25, -0.2) is 0 Å². The van der Waals surface area contributed by atoms with Gasteiger partial charge in [-0.3, -0.25) is 9.59 Å². The van der Waals surface area contributed by atoms with Gasteiger partial charge < -0.3 is 15.6 Å². The molecule has 0 amide bonds. The summed E-state index contributed by atoms with van der Waals surface area (Å²) in [6.45, 7) is 1.05. The first kappa shape index (κ1) is 25.2. The highest BCUT2D eigenvalue weighted by molar-refractivity contribution is 5.99. The molecule has 3 N–H and O–H groups in total. The average molecular weight is 409 g/mol. The molecule has 0 aromatic rings. The highest BCUT2D eigenvalue weighted by atomic mass is 16.4. The summed E-state index contributed by atoms with van der Waals surface area (Å²) in [6.07, 6.45) is 23.4. The molecule has 166 valence electrons. The van der Waals surface area contributed by atoms with Crippen LogP contribution in [0.1, 0.15) is 109 Å². The van der Waals surface area contributed by atoms with Crippen LogP contribution >= 0.6 is 0 Å². The van der Waals surface area contributed by atoms with Crippen LogP contribution in [0, 0.1) is 0 Å². The number of rotatable bonds is 3. The lowest BCUT2D eigenvalue weighted by Crippen LogP contribution is -2.14. The normalized spacial score (nSPS) is 20.1. The Balaban J connectivity index is 0.000000516. The Morgan fingerprint density at radius 2 is 1.28 bits per heavy atom. The minimum atomic E-state index is -1.31. The number of hydrogen-bond acceptors (Lipinski definition) is 4. The van der Waals surface area contributed by atoms with Gasteiger partial charge >= 0.3 is 11.9 Å². The molecule has 0 atom stereocenters. The molecule has 0 saturated heterocycles. The number of aliphatic carboxylic acids is 2. The second-order valence-corrected chi connectivity index (χ2v) is 8.05. The van der Waals surface area contributed by atoms with Crippen LogP contribution in [0.5, 0.6) is 0 Å². The minimum Gasteiger partial charge on any atom is -0.481 e. The number of carboxylic acids is 2. The molecular formula is C23H40N2O4. The molecule has 0 unspecified atom stereocenters. The molecule has 1 heterocycles. The van der Waals surface area contributed by atoms with Gasteiger partial charge in [-0.2, -0.15) is 5.10 Å². The molecule has 1 aliphatic carbocycles. The van der Waals surface area contributed by atoms with E-state index in [0.29, 0.717) is 0 Å². The summed E-state index contributed by atoms with van der Waals surface area (Å²) in [7, 11) is 0. The van der Waals surface area contributed by atoms with E-state index in [0.717, 1.165) is 6.54 Å². The zero-order valence-corrected chi connectivity index (χ0v) is 18.0. The predicted octanol–water partition coefficient (Wildman–Crippen LogP) is 5.67. The number of nitrogens with one attached hydrogen (secondary N) is 1. The molecule has 6 nitrogen and oxygen atoms in total. The van der Waals surface area contributed by atoms with Crippen LogP contribution in [0.2, 0.25) is 0 Å². The first-order valence-electron chi connectivity index (χ1n) is 11.5. The Bertz CT molecular complexity index is 483. The lowest BCUT2D eigenvalue weighted by Gasteiger charge is -2.12. The quantitative estimate of drug-likeness (QED) is 0.522. The maximum atomic E-state index is 9.43. The van der Waals surface area contributed by atoms with Crippen LogP contribution in [0.3, 0.4) is 0 Å². The Kier molecular flexibility index (Phi) is 14.8. The molecule has 0 aromatic carbocycles. The molecule has 0 aromatic heterocycles. The summed E-state index contributed by atoms with van der Waals surface area (Å²) in [5.41, 5.74) is 6.29. The Morgan fingerprint density at radius 1 is 0.759 bits per heavy atom. The first-order chi connectivity index (χ1) is 14.1. The number of carbonyl (C=O) groups is 2. The fourth-order valence-corrected chi connectivity index (χ4v) is 3.76. The van der Waals surface area contributed by atoms with Crippen LogP contribution < -0.4 is 5.43 Å². The fourth-order valence-electron chi connectivity index (χ4n) is 3.76. The van der Waals surface area contributed by atoms with Gasteiger partial charge in [0.25, 0.3) is 0 Å². The molecule has 0 spiro atoms. The number of carboxylic acid groups (broad SMARTS) is 2. The Labute approximate surface area is 175 Å². The SMILES string of the molecule is C1=C(C2=NNCCCCCCCC2)CCCCCCCCC1.O=C(O)CC(=O)O. The molecule has 1 aliphatic heterocycles. The van der Waals surface area contributed by atoms with Crippen molar-refractivity contribution in [3.63, 3.8) is 0 Å². The van der Waals surface area contributed by atoms with E-state index in [1.807, 2.05) is 0 Å². The fraction of sp³-hybridized carbons (Fsp3) is 0.783. The van der Waals surface area contributed by atoms with E-state index in [1.54, 1.807) is 5.57 Å². The van der Waals surface area contributed by atoms with Gasteiger partial charge in [0.05, 0.1) is 5.71 Å². The lowest BCUT2D eigenvalue weighted by atomic mass is 9.97. The van der Waals surface area contributed by atoms with Crippen molar-refractivity contribution in [1.29, 1.82) is 0 Å². The van der Waals surface area contributed by atoms with Gasteiger partial charge in [0.1, 0.15) is 6.42 Å². The zero-order chi connectivity index (χ0) is 21.2. The van der Waals surface area contributed by atoms with Gasteiger partial charge in [0.15, 0.2) is 0 Å². The maximum Gasteiger partial charge on any atom is 0.314 e. The van der Waals surface area contributed by atoms with Gasteiger partial charge in [-0.1, -0.05) is 63.9 Å². The summed E-state index contributed by atoms with van der Waals surface area (Å²) in [5, 5.41) is 20.2. The Morgan fingerprint density at radius 3 is 1.86 bits per heavy atom. The van der Waals surface area contributed by atoms with Crippen molar-refractivity contribution in [3.8, 4) is 0 Å². The molecule has 0 bridgehead atoms. The molecule has 0 fully saturated rings. The second-order valence-electron chi connectivity index (χ2n) is 8.05. The summed E-state index contributed by atoms with van der Waals surface area (Å²) < 4.78 is 0. The molecule has 29 heavy (non-hydrogen) atoms. The van der Waals surface area contributed by atoms with Gasteiger partial charge in [0, 0.05) is 6.54 Å². The third-order valence-corrected chi connectivity index (χ3v) is 5.38. The van der Waals surface area contributed by atoms with E-state index in [2.05, 4.69) is 11.5 Å². The number of nitrogens with zero attached hydrogens (tertiary/aromatic N) is 1. The third-order valence-electron chi connectivity index (χ3n) is 5.38. The van der Waals surface area contributed by atoms with E-state index in [4.69, 9.17) is 15.3 Å². The highest BCUT2D eigenvalue weighted by Crippen LogP contribution is 2.20. The summed E-state index contributed by atoms with van der Waals surface area (Å²) in [4.78, 5) is 18.9. The van der Waals surface area contributed by atoms with Crippen molar-refractivity contribution in [2.24, 2.45) is 5.10 Å². The van der Waals surface area contributed by atoms with Gasteiger partial charge in [-0.15, -0.1) is 0 Å². The number of hydrogen-bond donors (Lipinski definition) is 3. The largest absolute Gasteiger partial charge is 0.481 e. The average Bonchev–Trinajstić information content (AvgIpc) is 2.77. The molecule has 2 aliphatic rings. The van der Waals surface area contributed by atoms with Crippen LogP contribution in [-0.4, -0.2) is 34.4 Å². The number of allylic oxidation sites excluding steroid dienone is 2. The zero-order valence-electron chi connectivity index (χ0n) is 18.0. The minimum absolute atomic E-state index is 0.806. The van der Waals surface area contributed by atoms with Crippen LogP contribution in [-0.2, 0) is 9.59 Å². The van der Waals surface area contributed by atoms with Crippen molar-refractivity contribution in [1.82, 2.24) is 5.43 Å². The summed E-state index contributed by atoms with van der Waals surface area (Å²) >= 11 is 0. The molecule has 0 radical (unpaired) electrons. The van der Waals surface area contributed by atoms with Gasteiger partial charge in [-0.05, 0) is 50.5 Å². The summed E-state index contributed by atoms with van der Waals surface area (Å²) in [5.74, 6) is -2.62. The van der Waals surface area contributed by atoms with Crippen molar-refractivity contribution < 1.29 is 19.8 Å². The predicted molar refractivity (Wildman–Crippen MR) is 117 cm³/mol. The van der Waals surface area contributed by atoms with Crippen molar-refractivity contribution in [2.75, 3.05) is 6.54 Å². The topological polar surface area (TPSA) is 99.0 Å². The van der Waals surface area contributed by atoms with Crippen LogP contribution in [0.25, 0.3) is 0 Å². The lowest BCUT2D eigenvalue weighted by molar-refractivity contribution is -0.147. The standard InChI is InChI=1S/C20H36N2.C3H4O4/c1-2-4-8-12-16-19(15-11-7-3-1)20-17-13-9-5-6-10-14-18-21-22-20;4-2(5)1-3(6)7/h15,21H,1-14,16-18H2;1H2,(H,4,5)(H,6,7). The first-order valence-corrected chi connectivity index (χ1v) is 11.5. The molecule has 2 rings (SSSR count). The van der Waals surface area contributed by atoms with Crippen LogP contribution in [0.4, 0.5) is 0 Å². The Hall–Kier alpha value is -1.85. The monoisotopic (exact) mass is 408 g/mol. The number of hydrazone groups is 1. The van der Waals surface area contributed by atoms with Crippen molar-refractivity contribution in [3.05, 3.63) is 11.6 Å². The third kappa shape index (κ3) is 14.8. The van der Waals surface area contributed by atoms with E-state index < -0.39 is 18.4 Å². The summed E-state index contributed by atoms with van der Waals surface area (Å²) in [6, 6.07) is 0. The molecule has 0 saturated carbocycles. The van der Waals surface area contributed by atoms with E-state index in [1.165, 1.54) is 108 Å². The smallest absolute Gasteiger partial charge is 0.314 e. The van der Waals surface area contributed by atoms with Crippen LogP contribution in [0.15, 0.2) is 16.8 Å². The second kappa shape index (κ2) is 17.0. The van der Waals surface area contributed by atoms with E-state index in [-0.39, 0.29) is 0 Å². The maximum absolute atomic E-state index is 9.43. The molecule has 6 heteroatoms. The van der Waals surface area contributed by atoms with Crippen molar-refractivity contribution in [2.45, 2.75) is 109 Å². The van der Waals surface area contributed by atoms with E-state index >= 15 is 0 Å². The van der Waals surface area contributed by atoms with Crippen molar-refractivity contribution >= 4 is 17.7 Å².